The summed E-state index contributed by atoms with van der Waals surface area (Å²) in [7, 11) is 0. The Morgan fingerprint density at radius 3 is 1.08 bits per heavy atom. The summed E-state index contributed by atoms with van der Waals surface area (Å²) < 4.78 is 0. The Morgan fingerprint density at radius 2 is 0.622 bits per heavy atom. The third-order valence-electron chi connectivity index (χ3n) is 7.80. The third-order valence-corrected chi connectivity index (χ3v) is 7.80. The second kappa shape index (κ2) is 7.81. The summed E-state index contributed by atoms with van der Waals surface area (Å²) in [6.45, 7) is 0. The quantitative estimate of drug-likeness (QED) is 0.248. The molecule has 0 aliphatic heterocycles. The number of fused-ring (bicyclic) bond motifs is 10. The lowest BCUT2D eigenvalue weighted by atomic mass is 9.94. The molecule has 8 aromatic rings. The first-order chi connectivity index (χ1) is 18.3. The SMILES string of the molecule is c1ccc2c(c1)ccc1c3ccccc3c(Nc3cc4c5ccccc5ccc4c4ccccc34)cc21. The van der Waals surface area contributed by atoms with Crippen LogP contribution in [0, 0.1) is 0 Å². The monoisotopic (exact) mass is 469 g/mol. The van der Waals surface area contributed by atoms with Gasteiger partial charge in [0.15, 0.2) is 0 Å². The van der Waals surface area contributed by atoms with Gasteiger partial charge in [0.2, 0.25) is 0 Å². The van der Waals surface area contributed by atoms with Gasteiger partial charge in [0, 0.05) is 22.1 Å². The highest BCUT2D eigenvalue weighted by Gasteiger charge is 2.13. The first kappa shape index (κ1) is 20.3. The van der Waals surface area contributed by atoms with Crippen LogP contribution in [0.4, 0.5) is 11.4 Å². The second-order valence-electron chi connectivity index (χ2n) is 9.83. The van der Waals surface area contributed by atoms with Gasteiger partial charge >= 0.3 is 0 Å². The highest BCUT2D eigenvalue weighted by Crippen LogP contribution is 2.40. The van der Waals surface area contributed by atoms with E-state index in [0.29, 0.717) is 0 Å². The third kappa shape index (κ3) is 3.04. The minimum atomic E-state index is 1.13. The molecule has 0 aliphatic rings. The van der Waals surface area contributed by atoms with E-state index in [1.165, 1.54) is 64.6 Å². The minimum absolute atomic E-state index is 1.13. The fourth-order valence-electron chi connectivity index (χ4n) is 6.07. The zero-order chi connectivity index (χ0) is 24.3. The van der Waals surface area contributed by atoms with Gasteiger partial charge in [-0.15, -0.1) is 0 Å². The van der Waals surface area contributed by atoms with Gasteiger partial charge < -0.3 is 5.32 Å². The minimum Gasteiger partial charge on any atom is -0.354 e. The van der Waals surface area contributed by atoms with Crippen molar-refractivity contribution in [1.82, 2.24) is 0 Å². The van der Waals surface area contributed by atoms with Crippen molar-refractivity contribution >= 4 is 76.0 Å². The standard InChI is InChI=1S/C36H23N/c1-3-11-25-23(9-1)17-19-29-27-13-5-7-15-31(27)35(21-33(25)29)37-36-22-34-26-12-4-2-10-24(26)18-20-30(34)28-14-6-8-16-32(28)36/h1-22,37H. The average molecular weight is 470 g/mol. The number of hydrogen-bond acceptors (Lipinski definition) is 1. The lowest BCUT2D eigenvalue weighted by molar-refractivity contribution is 1.64. The molecule has 0 saturated heterocycles. The zero-order valence-corrected chi connectivity index (χ0v) is 20.2. The van der Waals surface area contributed by atoms with Crippen molar-refractivity contribution in [1.29, 1.82) is 0 Å². The molecule has 0 unspecified atom stereocenters. The van der Waals surface area contributed by atoms with E-state index in [0.717, 1.165) is 11.4 Å². The zero-order valence-electron chi connectivity index (χ0n) is 20.2. The number of hydrogen-bond donors (Lipinski definition) is 1. The van der Waals surface area contributed by atoms with Gasteiger partial charge in [-0.1, -0.05) is 121 Å². The molecule has 1 heteroatoms. The normalized spacial score (nSPS) is 11.8. The van der Waals surface area contributed by atoms with Gasteiger partial charge in [0.05, 0.1) is 0 Å². The van der Waals surface area contributed by atoms with Crippen molar-refractivity contribution in [2.24, 2.45) is 0 Å². The van der Waals surface area contributed by atoms with Crippen LogP contribution < -0.4 is 5.32 Å². The van der Waals surface area contributed by atoms with Gasteiger partial charge in [-0.2, -0.15) is 0 Å². The molecule has 1 N–H and O–H groups in total. The highest BCUT2D eigenvalue weighted by molar-refractivity contribution is 6.23. The Morgan fingerprint density at radius 1 is 0.270 bits per heavy atom. The summed E-state index contributed by atoms with van der Waals surface area (Å²) in [6, 6.07) is 48.5. The van der Waals surface area contributed by atoms with E-state index in [2.05, 4.69) is 139 Å². The molecule has 0 aromatic heterocycles. The highest BCUT2D eigenvalue weighted by atomic mass is 14.9. The van der Waals surface area contributed by atoms with Crippen molar-refractivity contribution < 1.29 is 0 Å². The van der Waals surface area contributed by atoms with E-state index < -0.39 is 0 Å². The Kier molecular flexibility index (Phi) is 4.29. The molecule has 0 amide bonds. The first-order valence-corrected chi connectivity index (χ1v) is 12.8. The van der Waals surface area contributed by atoms with Crippen LogP contribution in [0.3, 0.4) is 0 Å². The lowest BCUT2D eigenvalue weighted by Gasteiger charge is -2.17. The molecule has 1 nitrogen and oxygen atoms in total. The maximum absolute atomic E-state index is 3.90. The lowest BCUT2D eigenvalue weighted by Crippen LogP contribution is -1.95. The van der Waals surface area contributed by atoms with E-state index in [4.69, 9.17) is 0 Å². The van der Waals surface area contributed by atoms with E-state index in [9.17, 15) is 0 Å². The Labute approximate surface area is 214 Å². The summed E-state index contributed by atoms with van der Waals surface area (Å²) in [6.07, 6.45) is 0. The van der Waals surface area contributed by atoms with E-state index in [1.807, 2.05) is 0 Å². The molecule has 0 fully saturated rings. The molecule has 0 spiro atoms. The topological polar surface area (TPSA) is 12.0 Å². The average Bonchev–Trinajstić information content (AvgIpc) is 2.97. The van der Waals surface area contributed by atoms with Crippen LogP contribution >= 0.6 is 0 Å². The van der Waals surface area contributed by atoms with Gasteiger partial charge in [-0.05, 0) is 66.0 Å². The summed E-state index contributed by atoms with van der Waals surface area (Å²) in [4.78, 5) is 0. The van der Waals surface area contributed by atoms with Crippen LogP contribution in [0.5, 0.6) is 0 Å². The summed E-state index contributed by atoms with van der Waals surface area (Å²) in [5, 5.41) is 19.1. The molecule has 0 heterocycles. The molecular weight excluding hydrogens is 446 g/mol. The molecule has 0 atom stereocenters. The molecule has 0 aliphatic carbocycles. The van der Waals surface area contributed by atoms with Crippen molar-refractivity contribution in [3.05, 3.63) is 133 Å². The van der Waals surface area contributed by atoms with Crippen LogP contribution in [0.1, 0.15) is 0 Å². The van der Waals surface area contributed by atoms with Gasteiger partial charge in [-0.3, -0.25) is 0 Å². The summed E-state index contributed by atoms with van der Waals surface area (Å²) in [5.41, 5.74) is 2.26. The fraction of sp³-hybridized carbons (Fsp3) is 0. The maximum atomic E-state index is 3.90. The van der Waals surface area contributed by atoms with Crippen molar-refractivity contribution in [2.75, 3.05) is 5.32 Å². The largest absolute Gasteiger partial charge is 0.354 e. The van der Waals surface area contributed by atoms with Crippen molar-refractivity contribution in [3.63, 3.8) is 0 Å². The molecule has 8 rings (SSSR count). The summed E-state index contributed by atoms with van der Waals surface area (Å²) >= 11 is 0. The van der Waals surface area contributed by atoms with Crippen LogP contribution in [0.2, 0.25) is 0 Å². The number of rotatable bonds is 2. The molecule has 0 saturated carbocycles. The number of anilines is 2. The van der Waals surface area contributed by atoms with Gasteiger partial charge in [-0.25, -0.2) is 0 Å². The fourth-order valence-corrected chi connectivity index (χ4v) is 6.07. The van der Waals surface area contributed by atoms with E-state index in [-0.39, 0.29) is 0 Å². The molecule has 37 heavy (non-hydrogen) atoms. The van der Waals surface area contributed by atoms with Gasteiger partial charge in [0.1, 0.15) is 0 Å². The molecule has 0 radical (unpaired) electrons. The molecule has 8 aromatic carbocycles. The smallest absolute Gasteiger partial charge is 0.0470 e. The first-order valence-electron chi connectivity index (χ1n) is 12.8. The second-order valence-corrected chi connectivity index (χ2v) is 9.83. The van der Waals surface area contributed by atoms with Crippen LogP contribution in [0.15, 0.2) is 133 Å². The number of benzene rings is 8. The maximum Gasteiger partial charge on any atom is 0.0470 e. The van der Waals surface area contributed by atoms with Crippen molar-refractivity contribution in [2.45, 2.75) is 0 Å². The van der Waals surface area contributed by atoms with Gasteiger partial charge in [0.25, 0.3) is 0 Å². The molecule has 0 bridgehead atoms. The number of nitrogens with one attached hydrogen (secondary N) is 1. The predicted molar refractivity (Wildman–Crippen MR) is 161 cm³/mol. The van der Waals surface area contributed by atoms with Crippen LogP contribution in [0.25, 0.3) is 64.6 Å². The predicted octanol–water partition coefficient (Wildman–Crippen LogP) is 10.3. The van der Waals surface area contributed by atoms with E-state index in [1.54, 1.807) is 0 Å². The Bertz CT molecular complexity index is 2010. The van der Waals surface area contributed by atoms with Crippen LogP contribution in [-0.2, 0) is 0 Å². The Balaban J connectivity index is 1.46. The molecular formula is C36H23N. The Hall–Kier alpha value is -4.88. The summed E-state index contributed by atoms with van der Waals surface area (Å²) in [5.74, 6) is 0. The molecule has 172 valence electrons. The van der Waals surface area contributed by atoms with Crippen molar-refractivity contribution in [3.8, 4) is 0 Å². The van der Waals surface area contributed by atoms with Crippen LogP contribution in [-0.4, -0.2) is 0 Å². The van der Waals surface area contributed by atoms with E-state index >= 15 is 0 Å².